The molecule has 1 aromatic heterocycles. The fourth-order valence-corrected chi connectivity index (χ4v) is 2.44. The average Bonchev–Trinajstić information content (AvgIpc) is 2.99. The van der Waals surface area contributed by atoms with Gasteiger partial charge in [0.1, 0.15) is 0 Å². The lowest BCUT2D eigenvalue weighted by Gasteiger charge is -2.06. The van der Waals surface area contributed by atoms with Gasteiger partial charge < -0.3 is 5.32 Å². The van der Waals surface area contributed by atoms with E-state index in [9.17, 15) is 4.79 Å². The summed E-state index contributed by atoms with van der Waals surface area (Å²) in [6.45, 7) is 0.636. The number of halogens is 2. The first-order valence-corrected chi connectivity index (χ1v) is 7.96. The Morgan fingerprint density at radius 2 is 1.79 bits per heavy atom. The third kappa shape index (κ3) is 4.28. The normalized spacial score (nSPS) is 10.4. The molecule has 3 aromatic rings. The summed E-state index contributed by atoms with van der Waals surface area (Å²) in [6, 6.07) is 16.2. The number of rotatable bonds is 4. The summed E-state index contributed by atoms with van der Waals surface area (Å²) in [5, 5.41) is 10.5. The minimum absolute atomic E-state index is 0.376. The number of nitrogens with one attached hydrogen (secondary N) is 2. The molecule has 2 aromatic carbocycles. The summed E-state index contributed by atoms with van der Waals surface area (Å²) >= 11 is 11.8. The van der Waals surface area contributed by atoms with Crippen LogP contribution in [0.5, 0.6) is 0 Å². The number of aromatic nitrogens is 2. The average molecular weight is 361 g/mol. The number of benzene rings is 2. The summed E-state index contributed by atoms with van der Waals surface area (Å²) in [6.07, 6.45) is 1.81. The molecule has 0 radical (unpaired) electrons. The summed E-state index contributed by atoms with van der Waals surface area (Å²) in [7, 11) is 0. The maximum atomic E-state index is 12.0. The van der Waals surface area contributed by atoms with E-state index < -0.39 is 6.03 Å². The van der Waals surface area contributed by atoms with Gasteiger partial charge in [0.2, 0.25) is 0 Å². The van der Waals surface area contributed by atoms with Gasteiger partial charge in [-0.1, -0.05) is 53.5 Å². The van der Waals surface area contributed by atoms with Crippen LogP contribution in [0.4, 0.5) is 16.3 Å². The first-order valence-electron chi connectivity index (χ1n) is 7.20. The second-order valence-electron chi connectivity index (χ2n) is 5.09. The Labute approximate surface area is 149 Å². The minimum atomic E-state index is -0.404. The van der Waals surface area contributed by atoms with Crippen LogP contribution in [0.1, 0.15) is 5.56 Å². The number of urea groups is 1. The van der Waals surface area contributed by atoms with Crippen molar-refractivity contribution in [3.8, 4) is 0 Å². The van der Waals surface area contributed by atoms with Crippen LogP contribution in [-0.2, 0) is 6.54 Å². The van der Waals surface area contributed by atoms with Gasteiger partial charge >= 0.3 is 6.03 Å². The molecule has 2 amide bonds. The summed E-state index contributed by atoms with van der Waals surface area (Å²) in [4.78, 5) is 12.0. The Kier molecular flexibility index (Phi) is 5.03. The number of anilines is 2. The first kappa shape index (κ1) is 16.4. The SMILES string of the molecule is O=C(Nc1ccc(Cl)c(Cl)c1)Nc1ccn(Cc2ccccc2)n1. The smallest absolute Gasteiger partial charge is 0.308 e. The van der Waals surface area contributed by atoms with Crippen LogP contribution < -0.4 is 10.6 Å². The number of carbonyl (C=O) groups excluding carboxylic acids is 1. The van der Waals surface area contributed by atoms with Crippen LogP contribution in [0, 0.1) is 0 Å². The molecule has 0 spiro atoms. The lowest BCUT2D eigenvalue weighted by Crippen LogP contribution is -2.19. The van der Waals surface area contributed by atoms with E-state index in [1.54, 1.807) is 28.9 Å². The molecule has 0 fully saturated rings. The number of nitrogens with zero attached hydrogens (tertiary/aromatic N) is 2. The van der Waals surface area contributed by atoms with Crippen molar-refractivity contribution >= 4 is 40.7 Å². The van der Waals surface area contributed by atoms with E-state index in [1.165, 1.54) is 0 Å². The van der Waals surface area contributed by atoms with Crippen molar-refractivity contribution < 1.29 is 4.79 Å². The van der Waals surface area contributed by atoms with E-state index in [4.69, 9.17) is 23.2 Å². The van der Waals surface area contributed by atoms with Crippen LogP contribution in [0.25, 0.3) is 0 Å². The highest BCUT2D eigenvalue weighted by atomic mass is 35.5. The molecule has 0 unspecified atom stereocenters. The van der Waals surface area contributed by atoms with E-state index in [2.05, 4.69) is 15.7 Å². The number of amides is 2. The molecule has 2 N–H and O–H groups in total. The highest BCUT2D eigenvalue weighted by Gasteiger charge is 2.07. The van der Waals surface area contributed by atoms with Gasteiger partial charge in [0.25, 0.3) is 0 Å². The summed E-state index contributed by atoms with van der Waals surface area (Å²) in [5.41, 5.74) is 1.68. The van der Waals surface area contributed by atoms with Gasteiger partial charge in [-0.3, -0.25) is 10.00 Å². The standard InChI is InChI=1S/C17H14Cl2N4O/c18-14-7-6-13(10-15(14)19)20-17(24)21-16-8-9-23(22-16)11-12-4-2-1-3-5-12/h1-10H,11H2,(H2,20,21,22,24). The molecular weight excluding hydrogens is 347 g/mol. The van der Waals surface area contributed by atoms with Crippen LogP contribution in [0.2, 0.25) is 10.0 Å². The van der Waals surface area contributed by atoms with E-state index >= 15 is 0 Å². The molecule has 0 aliphatic heterocycles. The van der Waals surface area contributed by atoms with Crippen molar-refractivity contribution in [2.45, 2.75) is 6.54 Å². The van der Waals surface area contributed by atoms with Gasteiger partial charge in [-0.25, -0.2) is 4.79 Å². The van der Waals surface area contributed by atoms with Crippen LogP contribution in [0.3, 0.4) is 0 Å². The zero-order chi connectivity index (χ0) is 16.9. The molecule has 0 atom stereocenters. The lowest BCUT2D eigenvalue weighted by atomic mass is 10.2. The van der Waals surface area contributed by atoms with Gasteiger partial charge in [-0.05, 0) is 23.8 Å². The Morgan fingerprint density at radius 3 is 2.54 bits per heavy atom. The maximum absolute atomic E-state index is 12.0. The third-order valence-electron chi connectivity index (χ3n) is 3.25. The van der Waals surface area contributed by atoms with Crippen LogP contribution >= 0.6 is 23.2 Å². The van der Waals surface area contributed by atoms with Gasteiger partial charge in [0, 0.05) is 18.0 Å². The Hall–Kier alpha value is -2.50. The molecule has 122 valence electrons. The van der Waals surface area contributed by atoms with Gasteiger partial charge in [0.15, 0.2) is 5.82 Å². The maximum Gasteiger partial charge on any atom is 0.324 e. The fourth-order valence-electron chi connectivity index (χ4n) is 2.14. The van der Waals surface area contributed by atoms with Crippen molar-refractivity contribution in [3.05, 3.63) is 76.4 Å². The van der Waals surface area contributed by atoms with Crippen LogP contribution in [0.15, 0.2) is 60.8 Å². The Bertz CT molecular complexity index is 849. The molecule has 0 bridgehead atoms. The van der Waals surface area contributed by atoms with Crippen molar-refractivity contribution in [2.75, 3.05) is 10.6 Å². The van der Waals surface area contributed by atoms with E-state index in [0.29, 0.717) is 28.1 Å². The molecule has 1 heterocycles. The van der Waals surface area contributed by atoms with Gasteiger partial charge in [-0.15, -0.1) is 0 Å². The van der Waals surface area contributed by atoms with E-state index in [-0.39, 0.29) is 0 Å². The minimum Gasteiger partial charge on any atom is -0.308 e. The third-order valence-corrected chi connectivity index (χ3v) is 3.99. The molecule has 7 heteroatoms. The number of hydrogen-bond acceptors (Lipinski definition) is 2. The topological polar surface area (TPSA) is 59.0 Å². The number of hydrogen-bond donors (Lipinski definition) is 2. The van der Waals surface area contributed by atoms with Crippen molar-refractivity contribution in [1.29, 1.82) is 0 Å². The predicted octanol–water partition coefficient (Wildman–Crippen LogP) is 4.88. The monoisotopic (exact) mass is 360 g/mol. The number of carbonyl (C=O) groups is 1. The molecule has 5 nitrogen and oxygen atoms in total. The quantitative estimate of drug-likeness (QED) is 0.696. The molecule has 24 heavy (non-hydrogen) atoms. The second-order valence-corrected chi connectivity index (χ2v) is 5.91. The van der Waals surface area contributed by atoms with Gasteiger partial charge in [0.05, 0.1) is 16.6 Å². The molecule has 0 aliphatic carbocycles. The van der Waals surface area contributed by atoms with Crippen molar-refractivity contribution in [2.24, 2.45) is 0 Å². The highest BCUT2D eigenvalue weighted by Crippen LogP contribution is 2.25. The largest absolute Gasteiger partial charge is 0.324 e. The van der Waals surface area contributed by atoms with E-state index in [0.717, 1.165) is 5.56 Å². The zero-order valence-corrected chi connectivity index (χ0v) is 14.1. The lowest BCUT2D eigenvalue weighted by molar-refractivity contribution is 0.262. The molecule has 0 aliphatic rings. The molecular formula is C17H14Cl2N4O. The van der Waals surface area contributed by atoms with Crippen molar-refractivity contribution in [3.63, 3.8) is 0 Å². The molecule has 0 saturated carbocycles. The first-order chi connectivity index (χ1) is 11.6. The van der Waals surface area contributed by atoms with Gasteiger partial charge in [-0.2, -0.15) is 5.10 Å². The Balaban J connectivity index is 1.59. The second kappa shape index (κ2) is 7.38. The molecule has 0 saturated heterocycles. The van der Waals surface area contributed by atoms with Crippen molar-refractivity contribution in [1.82, 2.24) is 9.78 Å². The van der Waals surface area contributed by atoms with E-state index in [1.807, 2.05) is 36.5 Å². The summed E-state index contributed by atoms with van der Waals surface area (Å²) in [5.74, 6) is 0.462. The highest BCUT2D eigenvalue weighted by molar-refractivity contribution is 6.42. The summed E-state index contributed by atoms with van der Waals surface area (Å²) < 4.78 is 1.75. The zero-order valence-electron chi connectivity index (χ0n) is 12.5. The Morgan fingerprint density at radius 1 is 1.00 bits per heavy atom. The fraction of sp³-hybridized carbons (Fsp3) is 0.0588. The molecule has 3 rings (SSSR count). The predicted molar refractivity (Wildman–Crippen MR) is 96.9 cm³/mol. The van der Waals surface area contributed by atoms with Crippen LogP contribution in [-0.4, -0.2) is 15.8 Å².